The fraction of sp³-hybridized carbons (Fsp3) is 0.100. The average Bonchev–Trinajstić information content (AvgIpc) is 2.63. The molecule has 0 heterocycles. The molecule has 2 aromatic rings. The molecule has 0 fully saturated rings. The highest BCUT2D eigenvalue weighted by atomic mass is 36.0. The zero-order valence-electron chi connectivity index (χ0n) is 14.8. The predicted molar refractivity (Wildman–Crippen MR) is 117 cm³/mol. The summed E-state index contributed by atoms with van der Waals surface area (Å²) in [6.45, 7) is 7.02. The number of carboxylic acids is 1. The van der Waals surface area contributed by atoms with Crippen molar-refractivity contribution >= 4 is 53.4 Å². The maximum atomic E-state index is 10.6. The third kappa shape index (κ3) is 14.2. The number of carbonyl (C=O) groups excluding carboxylic acids is 1. The highest BCUT2D eigenvalue weighted by Crippen LogP contribution is 2.08. The molecule has 2 rings (SSSR count). The van der Waals surface area contributed by atoms with Crippen LogP contribution in [0.1, 0.15) is 11.1 Å². The number of aliphatic carboxylic acids is 1. The molecule has 4 nitrogen and oxygen atoms in total. The van der Waals surface area contributed by atoms with Crippen molar-refractivity contribution in [1.29, 1.82) is 0 Å². The molecule has 0 aliphatic rings. The SMILES string of the molecule is C=C(Cc1ccccc1)C(=O)Cl.C=C(Cc1ccccc1)C(=O)O.O=S(Cl)Cl. The summed E-state index contributed by atoms with van der Waals surface area (Å²) in [7, 11) is 7.36. The van der Waals surface area contributed by atoms with Gasteiger partial charge in [0.1, 0.15) is 0 Å². The molecule has 150 valence electrons. The molecule has 0 amide bonds. The Morgan fingerprint density at radius 3 is 1.43 bits per heavy atom. The van der Waals surface area contributed by atoms with Crippen LogP contribution < -0.4 is 0 Å². The Balaban J connectivity index is 0.000000439. The summed E-state index contributed by atoms with van der Waals surface area (Å²) in [4.78, 5) is 21.0. The van der Waals surface area contributed by atoms with E-state index < -0.39 is 20.4 Å². The van der Waals surface area contributed by atoms with E-state index in [-0.39, 0.29) is 5.57 Å². The second-order valence-electron chi connectivity index (χ2n) is 5.30. The fourth-order valence-corrected chi connectivity index (χ4v) is 1.90. The van der Waals surface area contributed by atoms with Gasteiger partial charge in [0.05, 0.1) is 0 Å². The van der Waals surface area contributed by atoms with Gasteiger partial charge in [0.15, 0.2) is 0 Å². The standard InChI is InChI=1S/C10H9ClO.C10H10O2.Cl2OS/c2*1-8(10(11)12)7-9-5-3-2-4-6-9;1-4(2)3/h2-6H,1,7H2;2-6H,1,7H2,(H,11,12);. The Labute approximate surface area is 180 Å². The van der Waals surface area contributed by atoms with E-state index >= 15 is 0 Å². The van der Waals surface area contributed by atoms with Crippen LogP contribution in [0.3, 0.4) is 0 Å². The lowest BCUT2D eigenvalue weighted by Crippen LogP contribution is -2.01. The molecule has 0 aromatic heterocycles. The van der Waals surface area contributed by atoms with Gasteiger partial charge in [-0.1, -0.05) is 73.8 Å². The van der Waals surface area contributed by atoms with Gasteiger partial charge in [-0.2, -0.15) is 0 Å². The Hall–Kier alpha value is -1.92. The van der Waals surface area contributed by atoms with E-state index in [2.05, 4.69) is 34.5 Å². The first-order valence-electron chi connectivity index (χ1n) is 7.74. The summed E-state index contributed by atoms with van der Waals surface area (Å²) in [6, 6.07) is 19.1. The molecule has 0 unspecified atom stereocenters. The molecule has 1 N–H and O–H groups in total. The van der Waals surface area contributed by atoms with Crippen molar-refractivity contribution in [2.24, 2.45) is 0 Å². The van der Waals surface area contributed by atoms with Gasteiger partial charge >= 0.3 is 5.97 Å². The summed E-state index contributed by atoms with van der Waals surface area (Å²) in [5, 5.41) is 8.08. The monoisotopic (exact) mass is 460 g/mol. The Kier molecular flexibility index (Phi) is 14.0. The Bertz CT molecular complexity index is 741. The lowest BCUT2D eigenvalue weighted by molar-refractivity contribution is -0.132. The molecule has 0 aliphatic carbocycles. The number of rotatable bonds is 6. The quantitative estimate of drug-likeness (QED) is 0.458. The minimum atomic E-state index is -1.67. The summed E-state index contributed by atoms with van der Waals surface area (Å²) >= 11 is 5.24. The highest BCUT2D eigenvalue weighted by molar-refractivity contribution is 8.26. The molecular formula is C20H19Cl3O4S. The van der Waals surface area contributed by atoms with Crippen LogP contribution >= 0.6 is 33.0 Å². The smallest absolute Gasteiger partial charge is 0.331 e. The van der Waals surface area contributed by atoms with Crippen molar-refractivity contribution in [3.05, 3.63) is 96.1 Å². The molecule has 28 heavy (non-hydrogen) atoms. The largest absolute Gasteiger partial charge is 0.478 e. The van der Waals surface area contributed by atoms with Crippen molar-refractivity contribution < 1.29 is 18.9 Å². The Morgan fingerprint density at radius 2 is 1.14 bits per heavy atom. The van der Waals surface area contributed by atoms with Crippen molar-refractivity contribution in [3.63, 3.8) is 0 Å². The van der Waals surface area contributed by atoms with Crippen LogP contribution in [0, 0.1) is 0 Å². The predicted octanol–water partition coefficient (Wildman–Crippen LogP) is 5.46. The second-order valence-corrected chi connectivity index (χ2v) is 8.16. The van der Waals surface area contributed by atoms with E-state index in [1.54, 1.807) is 0 Å². The van der Waals surface area contributed by atoms with Gasteiger partial charge in [0, 0.05) is 45.4 Å². The van der Waals surface area contributed by atoms with E-state index in [9.17, 15) is 9.59 Å². The van der Waals surface area contributed by atoms with E-state index in [0.717, 1.165) is 11.1 Å². The topological polar surface area (TPSA) is 71.4 Å². The minimum absolute atomic E-state index is 0.223. The minimum Gasteiger partial charge on any atom is -0.478 e. The molecular weight excluding hydrogens is 443 g/mol. The summed E-state index contributed by atoms with van der Waals surface area (Å²) in [6.07, 6.45) is 0.944. The molecule has 0 spiro atoms. The number of hydrogen-bond acceptors (Lipinski definition) is 3. The van der Waals surface area contributed by atoms with Gasteiger partial charge in [0.2, 0.25) is 14.5 Å². The fourth-order valence-electron chi connectivity index (χ4n) is 1.83. The van der Waals surface area contributed by atoms with Crippen LogP contribution in [-0.4, -0.2) is 20.5 Å². The van der Waals surface area contributed by atoms with Crippen molar-refractivity contribution in [3.8, 4) is 0 Å². The summed E-state index contributed by atoms with van der Waals surface area (Å²) in [5.74, 6) is -0.932. The maximum Gasteiger partial charge on any atom is 0.331 e. The Morgan fingerprint density at radius 1 is 0.821 bits per heavy atom. The average molecular weight is 462 g/mol. The number of halogens is 3. The van der Waals surface area contributed by atoms with E-state index in [1.165, 1.54) is 0 Å². The van der Waals surface area contributed by atoms with Crippen LogP contribution in [0.4, 0.5) is 0 Å². The third-order valence-electron chi connectivity index (χ3n) is 3.10. The van der Waals surface area contributed by atoms with Gasteiger partial charge in [-0.05, 0) is 22.7 Å². The van der Waals surface area contributed by atoms with E-state index in [1.807, 2.05) is 60.7 Å². The molecule has 0 radical (unpaired) electrons. The lowest BCUT2D eigenvalue weighted by Gasteiger charge is -1.99. The first-order valence-corrected chi connectivity index (χ1v) is 10.9. The third-order valence-corrected chi connectivity index (χ3v) is 3.37. The lowest BCUT2D eigenvalue weighted by atomic mass is 10.1. The first kappa shape index (κ1) is 26.1. The molecule has 0 bridgehead atoms. The second kappa shape index (κ2) is 15.1. The first-order chi connectivity index (χ1) is 13.1. The maximum absolute atomic E-state index is 10.6. The molecule has 0 saturated carbocycles. The van der Waals surface area contributed by atoms with E-state index in [0.29, 0.717) is 18.4 Å². The van der Waals surface area contributed by atoms with Gasteiger partial charge in [-0.15, -0.1) is 0 Å². The zero-order valence-corrected chi connectivity index (χ0v) is 17.9. The summed E-state index contributed by atoms with van der Waals surface area (Å²) in [5.41, 5.74) is 2.69. The number of benzene rings is 2. The number of carbonyl (C=O) groups is 2. The molecule has 0 saturated heterocycles. The van der Waals surface area contributed by atoms with Crippen LogP contribution in [0.15, 0.2) is 85.0 Å². The van der Waals surface area contributed by atoms with Gasteiger partial charge < -0.3 is 5.11 Å². The molecule has 8 heteroatoms. The number of carboxylic acid groups (broad SMARTS) is 1. The van der Waals surface area contributed by atoms with Crippen molar-refractivity contribution in [2.45, 2.75) is 12.8 Å². The summed E-state index contributed by atoms with van der Waals surface area (Å²) < 4.78 is 9.09. The van der Waals surface area contributed by atoms with Crippen LogP contribution in [0.25, 0.3) is 0 Å². The van der Waals surface area contributed by atoms with Crippen LogP contribution in [-0.2, 0) is 31.7 Å². The number of allylic oxidation sites excluding steroid dienone is 1. The van der Waals surface area contributed by atoms with Crippen LogP contribution in [0.5, 0.6) is 0 Å². The van der Waals surface area contributed by atoms with Crippen molar-refractivity contribution in [1.82, 2.24) is 0 Å². The number of hydrogen-bond donors (Lipinski definition) is 1. The molecule has 0 aliphatic heterocycles. The van der Waals surface area contributed by atoms with Gasteiger partial charge in [-0.25, -0.2) is 9.00 Å². The van der Waals surface area contributed by atoms with Crippen LogP contribution in [0.2, 0.25) is 0 Å². The highest BCUT2D eigenvalue weighted by Gasteiger charge is 2.04. The normalized spacial score (nSPS) is 9.29. The van der Waals surface area contributed by atoms with Gasteiger partial charge in [-0.3, -0.25) is 4.79 Å². The molecule has 0 atom stereocenters. The molecule has 2 aromatic carbocycles. The van der Waals surface area contributed by atoms with Gasteiger partial charge in [0.25, 0.3) is 0 Å². The van der Waals surface area contributed by atoms with Crippen molar-refractivity contribution in [2.75, 3.05) is 0 Å². The zero-order chi connectivity index (χ0) is 21.5. The van der Waals surface area contributed by atoms with E-state index in [4.69, 9.17) is 20.9 Å².